The molecule has 2 amide bonds. The number of aryl methyl sites for hydroxylation is 2. The molecule has 0 unspecified atom stereocenters. The van der Waals surface area contributed by atoms with Gasteiger partial charge in [-0.15, -0.1) is 11.3 Å². The van der Waals surface area contributed by atoms with E-state index in [0.717, 1.165) is 10.6 Å². The van der Waals surface area contributed by atoms with Crippen LogP contribution in [0.15, 0.2) is 23.6 Å². The molecular weight excluding hydrogens is 288 g/mol. The average Bonchev–Trinajstić information content (AvgIpc) is 3.08. The third-order valence-electron chi connectivity index (χ3n) is 3.34. The van der Waals surface area contributed by atoms with Gasteiger partial charge in [0.15, 0.2) is 0 Å². The second-order valence-corrected chi connectivity index (χ2v) is 5.99. The maximum absolute atomic E-state index is 12.0. The van der Waals surface area contributed by atoms with Gasteiger partial charge in [-0.3, -0.25) is 14.5 Å². The first-order valence-corrected chi connectivity index (χ1v) is 7.65. The molecule has 1 aliphatic rings. The molecule has 0 spiro atoms. The predicted octanol–water partition coefficient (Wildman–Crippen LogP) is 1.31. The Morgan fingerprint density at radius 2 is 2.38 bits per heavy atom. The number of amides is 2. The highest BCUT2D eigenvalue weighted by Gasteiger charge is 2.27. The zero-order valence-electron chi connectivity index (χ0n) is 11.7. The van der Waals surface area contributed by atoms with Crippen LogP contribution in [0.2, 0.25) is 0 Å². The highest BCUT2D eigenvalue weighted by atomic mass is 32.1. The normalized spacial score (nSPS) is 14.1. The average molecular weight is 304 g/mol. The lowest BCUT2D eigenvalue weighted by Crippen LogP contribution is -2.44. The van der Waals surface area contributed by atoms with Crippen LogP contribution < -0.4 is 10.2 Å². The van der Waals surface area contributed by atoms with Gasteiger partial charge >= 0.3 is 0 Å². The van der Waals surface area contributed by atoms with Crippen molar-refractivity contribution in [2.75, 3.05) is 11.4 Å². The van der Waals surface area contributed by atoms with Gasteiger partial charge in [-0.25, -0.2) is 4.68 Å². The van der Waals surface area contributed by atoms with Crippen molar-refractivity contribution in [1.82, 2.24) is 15.1 Å². The van der Waals surface area contributed by atoms with Gasteiger partial charge in [-0.1, -0.05) is 6.07 Å². The summed E-state index contributed by atoms with van der Waals surface area (Å²) in [5.41, 5.74) is 0.851. The van der Waals surface area contributed by atoms with Crippen molar-refractivity contribution >= 4 is 29.0 Å². The molecule has 0 fully saturated rings. The van der Waals surface area contributed by atoms with E-state index in [2.05, 4.69) is 10.4 Å². The number of anilines is 1. The van der Waals surface area contributed by atoms with E-state index in [9.17, 15) is 9.59 Å². The first-order chi connectivity index (χ1) is 10.1. The Bertz CT molecular complexity index is 663. The molecule has 0 atom stereocenters. The van der Waals surface area contributed by atoms with Crippen LogP contribution in [0.3, 0.4) is 0 Å². The van der Waals surface area contributed by atoms with Crippen LogP contribution in [0.1, 0.15) is 17.0 Å². The number of thiophene rings is 1. The Balaban J connectivity index is 1.66. The van der Waals surface area contributed by atoms with Crippen molar-refractivity contribution in [2.24, 2.45) is 0 Å². The monoisotopic (exact) mass is 304 g/mol. The van der Waals surface area contributed by atoms with Gasteiger partial charge in [0, 0.05) is 17.4 Å². The SMILES string of the molecule is Cc1cc2n(n1)CCC(=O)N2CC(=O)NCc1cccs1. The second kappa shape index (κ2) is 5.69. The first-order valence-electron chi connectivity index (χ1n) is 6.77. The molecule has 0 aliphatic carbocycles. The third kappa shape index (κ3) is 2.97. The lowest BCUT2D eigenvalue weighted by molar-refractivity contribution is -0.124. The lowest BCUT2D eigenvalue weighted by atomic mass is 10.2. The molecule has 0 saturated carbocycles. The van der Waals surface area contributed by atoms with Gasteiger partial charge in [-0.2, -0.15) is 5.10 Å². The summed E-state index contributed by atoms with van der Waals surface area (Å²) in [6, 6.07) is 5.75. The molecule has 1 N–H and O–H groups in total. The van der Waals surface area contributed by atoms with Gasteiger partial charge in [0.05, 0.1) is 18.8 Å². The first kappa shape index (κ1) is 13.8. The molecule has 0 bridgehead atoms. The van der Waals surface area contributed by atoms with E-state index >= 15 is 0 Å². The minimum atomic E-state index is -0.163. The fourth-order valence-electron chi connectivity index (χ4n) is 2.35. The van der Waals surface area contributed by atoms with Gasteiger partial charge in [-0.05, 0) is 18.4 Å². The number of hydrogen-bond donors (Lipinski definition) is 1. The molecule has 0 radical (unpaired) electrons. The molecule has 2 aromatic rings. The van der Waals surface area contributed by atoms with E-state index in [-0.39, 0.29) is 18.4 Å². The molecule has 7 heteroatoms. The summed E-state index contributed by atoms with van der Waals surface area (Å²) in [5.74, 6) is 0.507. The number of nitrogens with one attached hydrogen (secondary N) is 1. The number of aromatic nitrogens is 2. The topological polar surface area (TPSA) is 67.2 Å². The fourth-order valence-corrected chi connectivity index (χ4v) is 2.99. The summed E-state index contributed by atoms with van der Waals surface area (Å²) < 4.78 is 1.78. The van der Waals surface area contributed by atoms with Crippen LogP contribution in [0.5, 0.6) is 0 Å². The second-order valence-electron chi connectivity index (χ2n) is 4.95. The molecule has 0 aromatic carbocycles. The summed E-state index contributed by atoms with van der Waals surface area (Å²) in [4.78, 5) is 26.7. The Kier molecular flexibility index (Phi) is 3.74. The van der Waals surface area contributed by atoms with Crippen LogP contribution in [-0.2, 0) is 22.7 Å². The fraction of sp³-hybridized carbons (Fsp3) is 0.357. The van der Waals surface area contributed by atoms with Gasteiger partial charge in [0.25, 0.3) is 0 Å². The summed E-state index contributed by atoms with van der Waals surface area (Å²) >= 11 is 1.59. The largest absolute Gasteiger partial charge is 0.350 e. The smallest absolute Gasteiger partial charge is 0.240 e. The van der Waals surface area contributed by atoms with Crippen molar-refractivity contribution in [3.05, 3.63) is 34.2 Å². The number of carbonyl (C=O) groups is 2. The van der Waals surface area contributed by atoms with Crippen LogP contribution in [0.4, 0.5) is 5.82 Å². The van der Waals surface area contributed by atoms with Crippen molar-refractivity contribution in [3.63, 3.8) is 0 Å². The Morgan fingerprint density at radius 1 is 1.52 bits per heavy atom. The highest BCUT2D eigenvalue weighted by Crippen LogP contribution is 2.22. The Morgan fingerprint density at radius 3 is 3.14 bits per heavy atom. The molecule has 0 saturated heterocycles. The van der Waals surface area contributed by atoms with Gasteiger partial charge < -0.3 is 5.32 Å². The molecule has 2 aromatic heterocycles. The maximum atomic E-state index is 12.0. The standard InChI is InChI=1S/C14H16N4O2S/c1-10-7-13-17(14(20)4-5-18(13)16-10)9-12(19)15-8-11-3-2-6-21-11/h2-3,6-7H,4-5,8-9H2,1H3,(H,15,19). The summed E-state index contributed by atoms with van der Waals surface area (Å²) in [6.45, 7) is 2.99. The molecule has 1 aliphatic heterocycles. The number of carbonyl (C=O) groups excluding carboxylic acids is 2. The Labute approximate surface area is 126 Å². The van der Waals surface area contributed by atoms with E-state index in [0.29, 0.717) is 25.3 Å². The van der Waals surface area contributed by atoms with Crippen LogP contribution in [0.25, 0.3) is 0 Å². The zero-order valence-corrected chi connectivity index (χ0v) is 12.5. The Hall–Kier alpha value is -2.15. The molecule has 110 valence electrons. The highest BCUT2D eigenvalue weighted by molar-refractivity contribution is 7.09. The van der Waals surface area contributed by atoms with E-state index in [1.807, 2.05) is 30.5 Å². The molecule has 21 heavy (non-hydrogen) atoms. The summed E-state index contributed by atoms with van der Waals surface area (Å²) in [5, 5.41) is 9.13. The van der Waals surface area contributed by atoms with Gasteiger partial charge in [0.2, 0.25) is 11.8 Å². The number of fused-ring (bicyclic) bond motifs is 1. The van der Waals surface area contributed by atoms with Crippen LogP contribution in [-0.4, -0.2) is 28.1 Å². The minimum absolute atomic E-state index is 0.0336. The van der Waals surface area contributed by atoms with E-state index in [1.165, 1.54) is 4.90 Å². The summed E-state index contributed by atoms with van der Waals surface area (Å²) in [7, 11) is 0. The third-order valence-corrected chi connectivity index (χ3v) is 4.21. The predicted molar refractivity (Wildman–Crippen MR) is 80.1 cm³/mol. The minimum Gasteiger partial charge on any atom is -0.350 e. The molecule has 6 nitrogen and oxygen atoms in total. The number of nitrogens with zero attached hydrogens (tertiary/aromatic N) is 3. The maximum Gasteiger partial charge on any atom is 0.240 e. The van der Waals surface area contributed by atoms with E-state index < -0.39 is 0 Å². The van der Waals surface area contributed by atoms with Crippen LogP contribution in [0, 0.1) is 6.92 Å². The van der Waals surface area contributed by atoms with Crippen molar-refractivity contribution < 1.29 is 9.59 Å². The zero-order chi connectivity index (χ0) is 14.8. The molecule has 3 heterocycles. The van der Waals surface area contributed by atoms with Crippen molar-refractivity contribution in [2.45, 2.75) is 26.4 Å². The van der Waals surface area contributed by atoms with Crippen LogP contribution >= 0.6 is 11.3 Å². The number of hydrogen-bond acceptors (Lipinski definition) is 4. The van der Waals surface area contributed by atoms with E-state index in [4.69, 9.17) is 0 Å². The number of rotatable bonds is 4. The van der Waals surface area contributed by atoms with Gasteiger partial charge in [0.1, 0.15) is 12.4 Å². The van der Waals surface area contributed by atoms with Crippen molar-refractivity contribution in [3.8, 4) is 0 Å². The molecule has 3 rings (SSSR count). The van der Waals surface area contributed by atoms with Crippen molar-refractivity contribution in [1.29, 1.82) is 0 Å². The quantitative estimate of drug-likeness (QED) is 0.926. The summed E-state index contributed by atoms with van der Waals surface area (Å²) in [6.07, 6.45) is 0.381. The lowest BCUT2D eigenvalue weighted by Gasteiger charge is -2.26. The van der Waals surface area contributed by atoms with E-state index in [1.54, 1.807) is 16.0 Å². The molecular formula is C14H16N4O2S.